The lowest BCUT2D eigenvalue weighted by molar-refractivity contribution is -0.151. The largest absolute Gasteiger partial charge is 0.481 e. The molecule has 20 heavy (non-hydrogen) atoms. The van der Waals surface area contributed by atoms with Gasteiger partial charge in [0, 0.05) is 12.6 Å². The lowest BCUT2D eigenvalue weighted by atomic mass is 10.1. The molecule has 0 spiro atoms. The van der Waals surface area contributed by atoms with Gasteiger partial charge in [0.25, 0.3) is 0 Å². The molecule has 2 aliphatic carbocycles. The first kappa shape index (κ1) is 13.4. The molecule has 2 saturated carbocycles. The fraction of sp³-hybridized carbons (Fsp3) is 0.769. The van der Waals surface area contributed by atoms with Crippen molar-refractivity contribution < 1.29 is 24.2 Å². The molecule has 7 nitrogen and oxygen atoms in total. The summed E-state index contributed by atoms with van der Waals surface area (Å²) in [6.07, 6.45) is 2.34. The van der Waals surface area contributed by atoms with Crippen LogP contribution >= 0.6 is 0 Å². The Bertz CT molecular complexity index is 448. The summed E-state index contributed by atoms with van der Waals surface area (Å²) in [4.78, 5) is 36.8. The minimum absolute atomic E-state index is 0.187. The van der Waals surface area contributed by atoms with E-state index in [4.69, 9.17) is 9.84 Å². The predicted octanol–water partition coefficient (Wildman–Crippen LogP) is -0.787. The zero-order valence-corrected chi connectivity index (χ0v) is 11.1. The van der Waals surface area contributed by atoms with Gasteiger partial charge in [-0.25, -0.2) is 0 Å². The molecule has 1 aliphatic heterocycles. The standard InChI is InChI=1S/C13H18N2O5/c16-11(14-7-1-2-7)10-6-20-4-3-15(10)12(17)8-5-9(8)13(18)19/h7-10H,1-6H2,(H,14,16)(H,18,19)/t8-,9+,10?/m1/s1. The van der Waals surface area contributed by atoms with Crippen molar-refractivity contribution in [2.45, 2.75) is 31.3 Å². The second kappa shape index (κ2) is 5.05. The fourth-order valence-electron chi connectivity index (χ4n) is 2.56. The van der Waals surface area contributed by atoms with Crippen molar-refractivity contribution in [1.82, 2.24) is 10.2 Å². The Labute approximate surface area is 116 Å². The Morgan fingerprint density at radius 3 is 2.55 bits per heavy atom. The highest BCUT2D eigenvalue weighted by Gasteiger charge is 2.51. The van der Waals surface area contributed by atoms with Crippen LogP contribution in [0.25, 0.3) is 0 Å². The summed E-state index contributed by atoms with van der Waals surface area (Å²) in [5.74, 6) is -2.40. The van der Waals surface area contributed by atoms with Crippen LogP contribution < -0.4 is 5.32 Å². The zero-order chi connectivity index (χ0) is 14.3. The lowest BCUT2D eigenvalue weighted by Gasteiger charge is -2.34. The van der Waals surface area contributed by atoms with Crippen LogP contribution in [0.3, 0.4) is 0 Å². The van der Waals surface area contributed by atoms with Crippen molar-refractivity contribution in [3.05, 3.63) is 0 Å². The number of carbonyl (C=O) groups is 3. The molecule has 110 valence electrons. The second-order valence-corrected chi connectivity index (χ2v) is 5.69. The number of ether oxygens (including phenoxy) is 1. The fourth-order valence-corrected chi connectivity index (χ4v) is 2.56. The van der Waals surface area contributed by atoms with Crippen LogP contribution in [-0.2, 0) is 19.1 Å². The third-order valence-corrected chi connectivity index (χ3v) is 4.06. The van der Waals surface area contributed by atoms with E-state index >= 15 is 0 Å². The Kier molecular flexibility index (Phi) is 3.37. The maximum atomic E-state index is 12.3. The van der Waals surface area contributed by atoms with Crippen molar-refractivity contribution in [2.75, 3.05) is 19.8 Å². The molecule has 2 N–H and O–H groups in total. The van der Waals surface area contributed by atoms with Crippen molar-refractivity contribution in [3.8, 4) is 0 Å². The molecule has 3 atom stereocenters. The van der Waals surface area contributed by atoms with Crippen LogP contribution in [0, 0.1) is 11.8 Å². The van der Waals surface area contributed by atoms with Gasteiger partial charge in [-0.2, -0.15) is 0 Å². The molecule has 0 bridgehead atoms. The highest BCUT2D eigenvalue weighted by Crippen LogP contribution is 2.40. The molecular weight excluding hydrogens is 264 g/mol. The summed E-state index contributed by atoms with van der Waals surface area (Å²) in [6, 6.07) is -0.388. The summed E-state index contributed by atoms with van der Waals surface area (Å²) in [6.45, 7) is 0.933. The topological polar surface area (TPSA) is 95.9 Å². The normalized spacial score (nSPS) is 32.6. The first-order valence-electron chi connectivity index (χ1n) is 6.99. The van der Waals surface area contributed by atoms with Crippen LogP contribution in [0.15, 0.2) is 0 Å². The molecule has 0 aromatic carbocycles. The number of amides is 2. The maximum absolute atomic E-state index is 12.3. The van der Waals surface area contributed by atoms with E-state index in [1.165, 1.54) is 4.90 Å². The number of rotatable bonds is 4. The minimum Gasteiger partial charge on any atom is -0.481 e. The molecule has 1 saturated heterocycles. The van der Waals surface area contributed by atoms with Crippen molar-refractivity contribution in [2.24, 2.45) is 11.8 Å². The summed E-state index contributed by atoms with van der Waals surface area (Å²) in [5.41, 5.74) is 0. The maximum Gasteiger partial charge on any atom is 0.307 e. The van der Waals surface area contributed by atoms with E-state index < -0.39 is 23.8 Å². The predicted molar refractivity (Wildman–Crippen MR) is 66.7 cm³/mol. The zero-order valence-electron chi connectivity index (χ0n) is 11.1. The van der Waals surface area contributed by atoms with Gasteiger partial charge in [0.05, 0.1) is 25.0 Å². The second-order valence-electron chi connectivity index (χ2n) is 5.69. The molecule has 3 aliphatic rings. The number of carbonyl (C=O) groups excluding carboxylic acids is 2. The van der Waals surface area contributed by atoms with Crippen LogP contribution in [-0.4, -0.2) is 59.6 Å². The molecule has 0 aromatic heterocycles. The quantitative estimate of drug-likeness (QED) is 0.704. The lowest BCUT2D eigenvalue weighted by Crippen LogP contribution is -2.56. The van der Waals surface area contributed by atoms with E-state index in [2.05, 4.69) is 5.32 Å². The van der Waals surface area contributed by atoms with Gasteiger partial charge in [0.1, 0.15) is 6.04 Å². The number of carboxylic acid groups (broad SMARTS) is 1. The van der Waals surface area contributed by atoms with Gasteiger partial charge >= 0.3 is 5.97 Å². The highest BCUT2D eigenvalue weighted by molar-refractivity contribution is 5.93. The van der Waals surface area contributed by atoms with Crippen molar-refractivity contribution in [3.63, 3.8) is 0 Å². The van der Waals surface area contributed by atoms with Gasteiger partial charge in [-0.1, -0.05) is 0 Å². The highest BCUT2D eigenvalue weighted by atomic mass is 16.5. The van der Waals surface area contributed by atoms with Crippen molar-refractivity contribution >= 4 is 17.8 Å². The van der Waals surface area contributed by atoms with E-state index in [1.54, 1.807) is 0 Å². The summed E-state index contributed by atoms with van der Waals surface area (Å²) in [5, 5.41) is 11.8. The third-order valence-electron chi connectivity index (χ3n) is 4.06. The molecule has 7 heteroatoms. The first-order chi connectivity index (χ1) is 9.58. The number of hydrogen-bond donors (Lipinski definition) is 2. The summed E-state index contributed by atoms with van der Waals surface area (Å²) < 4.78 is 5.29. The van der Waals surface area contributed by atoms with Crippen LogP contribution in [0.1, 0.15) is 19.3 Å². The molecule has 3 rings (SSSR count). The number of nitrogens with zero attached hydrogens (tertiary/aromatic N) is 1. The third kappa shape index (κ3) is 2.63. The molecular formula is C13H18N2O5. The van der Waals surface area contributed by atoms with E-state index in [9.17, 15) is 14.4 Å². The van der Waals surface area contributed by atoms with Gasteiger partial charge in [0.15, 0.2) is 0 Å². The Morgan fingerprint density at radius 2 is 1.95 bits per heavy atom. The number of hydrogen-bond acceptors (Lipinski definition) is 4. The molecule has 1 heterocycles. The van der Waals surface area contributed by atoms with Gasteiger partial charge in [-0.3, -0.25) is 14.4 Å². The monoisotopic (exact) mass is 282 g/mol. The molecule has 1 unspecified atom stereocenters. The molecule has 0 radical (unpaired) electrons. The van der Waals surface area contributed by atoms with E-state index in [0.717, 1.165) is 12.8 Å². The minimum atomic E-state index is -0.935. The number of carboxylic acids is 1. The summed E-state index contributed by atoms with van der Waals surface area (Å²) in [7, 11) is 0. The van der Waals surface area contributed by atoms with Gasteiger partial charge in [-0.15, -0.1) is 0 Å². The molecule has 3 fully saturated rings. The Hall–Kier alpha value is -1.63. The molecule has 2 amide bonds. The number of morpholine rings is 1. The Balaban J connectivity index is 1.64. The van der Waals surface area contributed by atoms with E-state index in [1.807, 2.05) is 0 Å². The number of aliphatic carboxylic acids is 1. The first-order valence-corrected chi connectivity index (χ1v) is 6.99. The van der Waals surface area contributed by atoms with Crippen LogP contribution in [0.2, 0.25) is 0 Å². The molecule has 0 aromatic rings. The van der Waals surface area contributed by atoms with Crippen molar-refractivity contribution in [1.29, 1.82) is 0 Å². The van der Waals surface area contributed by atoms with Crippen LogP contribution in [0.4, 0.5) is 0 Å². The smallest absolute Gasteiger partial charge is 0.307 e. The van der Waals surface area contributed by atoms with E-state index in [-0.39, 0.29) is 24.5 Å². The number of nitrogens with one attached hydrogen (secondary N) is 1. The summed E-state index contributed by atoms with van der Waals surface area (Å²) >= 11 is 0. The van der Waals surface area contributed by atoms with E-state index in [0.29, 0.717) is 19.6 Å². The Morgan fingerprint density at radius 1 is 1.20 bits per heavy atom. The SMILES string of the molecule is O=C(NC1CC1)C1COCCN1C(=O)[C@@H]1C[C@@H]1C(=O)O. The van der Waals surface area contributed by atoms with Gasteiger partial charge in [-0.05, 0) is 19.3 Å². The van der Waals surface area contributed by atoms with Gasteiger partial charge < -0.3 is 20.1 Å². The van der Waals surface area contributed by atoms with Crippen LogP contribution in [0.5, 0.6) is 0 Å². The average molecular weight is 282 g/mol. The average Bonchev–Trinajstić information content (AvgIpc) is 3.31. The van der Waals surface area contributed by atoms with Gasteiger partial charge in [0.2, 0.25) is 11.8 Å².